The monoisotopic (exact) mass is 440 g/mol. The van der Waals surface area contributed by atoms with Gasteiger partial charge in [0, 0.05) is 47.1 Å². The average molecular weight is 441 g/mol. The zero-order valence-corrected chi connectivity index (χ0v) is 19.2. The lowest BCUT2D eigenvalue weighted by atomic mass is 9.79. The topological polar surface area (TPSA) is 69.7 Å². The molecule has 1 saturated heterocycles. The Bertz CT molecular complexity index is 1040. The highest BCUT2D eigenvalue weighted by Gasteiger charge is 2.39. The molecule has 2 N–H and O–H groups in total. The summed E-state index contributed by atoms with van der Waals surface area (Å²) in [5.74, 6) is 0.737. The smallest absolute Gasteiger partial charge is 0.264 e. The van der Waals surface area contributed by atoms with Gasteiger partial charge in [-0.1, -0.05) is 12.1 Å². The summed E-state index contributed by atoms with van der Waals surface area (Å²) in [6.45, 7) is 8.84. The van der Waals surface area contributed by atoms with E-state index in [0.29, 0.717) is 22.9 Å². The van der Waals surface area contributed by atoms with Crippen LogP contribution >= 0.6 is 0 Å². The van der Waals surface area contributed by atoms with Gasteiger partial charge >= 0.3 is 0 Å². The zero-order valence-electron chi connectivity index (χ0n) is 19.2. The predicted octanol–water partition coefficient (Wildman–Crippen LogP) is 5.22. The van der Waals surface area contributed by atoms with Gasteiger partial charge in [-0.2, -0.15) is 5.10 Å². The fraction of sp³-hybridized carbons (Fsp3) is 0.458. The summed E-state index contributed by atoms with van der Waals surface area (Å²) in [4.78, 5) is 2.15. The van der Waals surface area contributed by atoms with Crippen molar-refractivity contribution < 1.29 is 8.78 Å². The van der Waals surface area contributed by atoms with Gasteiger partial charge in [0.05, 0.1) is 11.9 Å². The van der Waals surface area contributed by atoms with Gasteiger partial charge in [0.15, 0.2) is 5.82 Å². The lowest BCUT2D eigenvalue weighted by Gasteiger charge is -2.49. The number of anilines is 1. The molecule has 170 valence electrons. The number of hydrogen-bond acceptors (Lipinski definition) is 5. The van der Waals surface area contributed by atoms with E-state index in [-0.39, 0.29) is 16.6 Å². The van der Waals surface area contributed by atoms with Crippen molar-refractivity contribution in [3.8, 4) is 22.4 Å². The Morgan fingerprint density at radius 1 is 1.00 bits per heavy atom. The Morgan fingerprint density at radius 3 is 2.28 bits per heavy atom. The number of aromatic amines is 1. The molecule has 3 aromatic rings. The van der Waals surface area contributed by atoms with Crippen molar-refractivity contribution in [2.75, 3.05) is 11.9 Å². The number of nitrogens with zero attached hydrogens (tertiary/aromatic N) is 4. The lowest BCUT2D eigenvalue weighted by Crippen LogP contribution is -2.62. The summed E-state index contributed by atoms with van der Waals surface area (Å²) in [7, 11) is 2.02. The molecule has 0 radical (unpaired) electrons. The van der Waals surface area contributed by atoms with Gasteiger partial charge in [-0.15, -0.1) is 10.2 Å². The van der Waals surface area contributed by atoms with Crippen LogP contribution < -0.4 is 10.2 Å². The highest BCUT2D eigenvalue weighted by atomic mass is 19.3. The molecule has 0 saturated carbocycles. The molecule has 0 unspecified atom stereocenters. The summed E-state index contributed by atoms with van der Waals surface area (Å²) in [6.07, 6.45) is 2.61. The molecule has 1 aromatic carbocycles. The molecule has 0 aliphatic carbocycles. The summed E-state index contributed by atoms with van der Waals surface area (Å²) in [5.41, 5.74) is 2.21. The van der Waals surface area contributed by atoms with Crippen LogP contribution in [0.1, 0.15) is 52.5 Å². The number of halogens is 2. The summed E-state index contributed by atoms with van der Waals surface area (Å²) < 4.78 is 27.7. The van der Waals surface area contributed by atoms with Crippen LogP contribution in [0.5, 0.6) is 0 Å². The van der Waals surface area contributed by atoms with E-state index in [1.54, 1.807) is 30.6 Å². The maximum absolute atomic E-state index is 13.8. The second-order valence-corrected chi connectivity index (χ2v) is 9.93. The van der Waals surface area contributed by atoms with Gasteiger partial charge in [0.1, 0.15) is 0 Å². The predicted molar refractivity (Wildman–Crippen MR) is 123 cm³/mol. The molecular weight excluding hydrogens is 410 g/mol. The molecule has 8 heteroatoms. The van der Waals surface area contributed by atoms with Crippen molar-refractivity contribution in [1.82, 2.24) is 25.7 Å². The standard InChI is InChI=1S/C24H30F2N6/c1-23(2)11-17(12-24(3,4)31-23)32(5)21-9-8-20(29-30-21)18-7-6-15(10-19(18)22(25)26)16-13-27-28-14-16/h6-10,13-14,17,22,31H,11-12H2,1-5H3,(H,27,28). The second-order valence-electron chi connectivity index (χ2n) is 9.93. The number of aromatic nitrogens is 4. The zero-order chi connectivity index (χ0) is 23.1. The van der Waals surface area contributed by atoms with Crippen LogP contribution in [-0.2, 0) is 0 Å². The van der Waals surface area contributed by atoms with Crippen LogP contribution in [0.4, 0.5) is 14.6 Å². The first-order valence-corrected chi connectivity index (χ1v) is 10.8. The van der Waals surface area contributed by atoms with Gasteiger partial charge in [-0.05, 0) is 64.3 Å². The van der Waals surface area contributed by atoms with E-state index < -0.39 is 6.43 Å². The molecule has 3 heterocycles. The Labute approximate surface area is 187 Å². The van der Waals surface area contributed by atoms with Crippen LogP contribution in [-0.4, -0.2) is 44.6 Å². The van der Waals surface area contributed by atoms with E-state index in [1.807, 2.05) is 13.1 Å². The molecule has 1 aliphatic heterocycles. The molecule has 32 heavy (non-hydrogen) atoms. The molecule has 0 bridgehead atoms. The van der Waals surface area contributed by atoms with Crippen molar-refractivity contribution in [2.24, 2.45) is 0 Å². The third kappa shape index (κ3) is 4.65. The third-order valence-electron chi connectivity index (χ3n) is 6.12. The van der Waals surface area contributed by atoms with E-state index in [2.05, 4.69) is 58.3 Å². The van der Waals surface area contributed by atoms with E-state index in [4.69, 9.17) is 0 Å². The molecule has 1 aliphatic rings. The molecule has 0 atom stereocenters. The third-order valence-corrected chi connectivity index (χ3v) is 6.12. The molecule has 0 spiro atoms. The van der Waals surface area contributed by atoms with Gasteiger partial charge in [-0.3, -0.25) is 5.10 Å². The Balaban J connectivity index is 1.60. The maximum atomic E-state index is 13.8. The van der Waals surface area contributed by atoms with Crippen LogP contribution in [0.25, 0.3) is 22.4 Å². The van der Waals surface area contributed by atoms with Crippen molar-refractivity contribution in [3.05, 3.63) is 48.3 Å². The number of benzene rings is 1. The molecule has 0 amide bonds. The van der Waals surface area contributed by atoms with Crippen LogP contribution in [0.3, 0.4) is 0 Å². The second kappa shape index (κ2) is 8.24. The van der Waals surface area contributed by atoms with Gasteiger partial charge < -0.3 is 10.2 Å². The summed E-state index contributed by atoms with van der Waals surface area (Å²) >= 11 is 0. The number of alkyl halides is 2. The SMILES string of the molecule is CN(c1ccc(-c2ccc(-c3cn[nH]c3)cc2C(F)F)nn1)C1CC(C)(C)NC(C)(C)C1. The number of piperidine rings is 1. The van der Waals surface area contributed by atoms with Gasteiger partial charge in [0.2, 0.25) is 0 Å². The van der Waals surface area contributed by atoms with Crippen molar-refractivity contribution >= 4 is 5.82 Å². The summed E-state index contributed by atoms with van der Waals surface area (Å²) in [5, 5.41) is 19.0. The maximum Gasteiger partial charge on any atom is 0.264 e. The fourth-order valence-corrected chi connectivity index (χ4v) is 4.95. The van der Waals surface area contributed by atoms with E-state index in [1.165, 1.54) is 6.07 Å². The fourth-order valence-electron chi connectivity index (χ4n) is 4.95. The average Bonchev–Trinajstić information content (AvgIpc) is 3.25. The first-order valence-electron chi connectivity index (χ1n) is 10.8. The van der Waals surface area contributed by atoms with Crippen molar-refractivity contribution in [3.63, 3.8) is 0 Å². The molecule has 2 aromatic heterocycles. The van der Waals surface area contributed by atoms with Gasteiger partial charge in [-0.25, -0.2) is 8.78 Å². The number of hydrogen-bond donors (Lipinski definition) is 2. The van der Waals surface area contributed by atoms with E-state index in [0.717, 1.165) is 24.2 Å². The molecule has 6 nitrogen and oxygen atoms in total. The van der Waals surface area contributed by atoms with E-state index >= 15 is 0 Å². The number of nitrogens with one attached hydrogen (secondary N) is 2. The lowest BCUT2D eigenvalue weighted by molar-refractivity contribution is 0.152. The normalized spacial score (nSPS) is 18.1. The number of rotatable bonds is 5. The minimum atomic E-state index is -2.62. The Kier molecular flexibility index (Phi) is 5.75. The van der Waals surface area contributed by atoms with Crippen LogP contribution in [0.2, 0.25) is 0 Å². The van der Waals surface area contributed by atoms with Crippen molar-refractivity contribution in [2.45, 2.75) is 64.1 Å². The largest absolute Gasteiger partial charge is 0.355 e. The Morgan fingerprint density at radius 2 is 1.72 bits per heavy atom. The summed E-state index contributed by atoms with van der Waals surface area (Å²) in [6, 6.07) is 8.90. The Hall–Kier alpha value is -2.87. The molecule has 4 rings (SSSR count). The highest BCUT2D eigenvalue weighted by molar-refractivity contribution is 5.72. The minimum Gasteiger partial charge on any atom is -0.355 e. The minimum absolute atomic E-state index is 0.0109. The van der Waals surface area contributed by atoms with E-state index in [9.17, 15) is 8.78 Å². The van der Waals surface area contributed by atoms with Crippen LogP contribution in [0.15, 0.2) is 42.7 Å². The number of H-pyrrole nitrogens is 1. The molecule has 1 fully saturated rings. The van der Waals surface area contributed by atoms with Crippen molar-refractivity contribution in [1.29, 1.82) is 0 Å². The van der Waals surface area contributed by atoms with Gasteiger partial charge in [0.25, 0.3) is 6.43 Å². The first kappa shape index (κ1) is 22.3. The first-order chi connectivity index (χ1) is 15.0. The highest BCUT2D eigenvalue weighted by Crippen LogP contribution is 2.35. The quantitative estimate of drug-likeness (QED) is 0.570. The molecular formula is C24H30F2N6. The van der Waals surface area contributed by atoms with Crippen LogP contribution in [0, 0.1) is 0 Å².